The van der Waals surface area contributed by atoms with Gasteiger partial charge in [0.15, 0.2) is 0 Å². The van der Waals surface area contributed by atoms with Crippen molar-refractivity contribution in [2.24, 2.45) is 5.73 Å². The molecule has 4 heteroatoms. The van der Waals surface area contributed by atoms with Crippen molar-refractivity contribution in [3.05, 3.63) is 29.6 Å². The summed E-state index contributed by atoms with van der Waals surface area (Å²) in [4.78, 5) is 2.38. The molecular weight excluding hydrogens is 247 g/mol. The number of anilines is 1. The molecule has 0 atom stereocenters. The van der Waals surface area contributed by atoms with Crippen molar-refractivity contribution in [2.45, 2.75) is 32.1 Å². The first-order valence-electron chi connectivity index (χ1n) is 6.53. The Balaban J connectivity index is 2.18. The molecule has 1 aromatic carbocycles. The van der Waals surface area contributed by atoms with Gasteiger partial charge in [0.25, 0.3) is 0 Å². The van der Waals surface area contributed by atoms with Crippen molar-refractivity contribution < 1.29 is 4.39 Å². The smallest absolute Gasteiger partial charge is 0.147 e. The van der Waals surface area contributed by atoms with E-state index >= 15 is 0 Å². The highest BCUT2D eigenvalue weighted by Gasteiger charge is 2.13. The third-order valence-corrected chi connectivity index (χ3v) is 3.66. The van der Waals surface area contributed by atoms with E-state index in [0.29, 0.717) is 11.3 Å². The van der Waals surface area contributed by atoms with E-state index in [1.54, 1.807) is 12.1 Å². The van der Waals surface area contributed by atoms with Crippen molar-refractivity contribution in [3.63, 3.8) is 0 Å². The van der Waals surface area contributed by atoms with Crippen LogP contribution in [0, 0.1) is 5.82 Å². The number of halogens is 1. The minimum absolute atomic E-state index is 0.221. The first-order chi connectivity index (χ1) is 8.68. The zero-order chi connectivity index (χ0) is 13.0. The molecule has 0 radical (unpaired) electrons. The van der Waals surface area contributed by atoms with Crippen LogP contribution in [0.2, 0.25) is 0 Å². The molecule has 0 bridgehead atoms. The van der Waals surface area contributed by atoms with Crippen LogP contribution in [0.3, 0.4) is 0 Å². The topological polar surface area (TPSA) is 29.3 Å². The van der Waals surface area contributed by atoms with E-state index in [4.69, 9.17) is 18.0 Å². The van der Waals surface area contributed by atoms with Crippen LogP contribution in [-0.4, -0.2) is 18.1 Å². The molecule has 0 spiro atoms. The van der Waals surface area contributed by atoms with E-state index in [9.17, 15) is 4.39 Å². The maximum absolute atomic E-state index is 14.1. The number of hydrogen-bond donors (Lipinski definition) is 1. The highest BCUT2D eigenvalue weighted by molar-refractivity contribution is 7.80. The second-order valence-corrected chi connectivity index (χ2v) is 5.23. The molecule has 2 nitrogen and oxygen atoms in total. The molecule has 0 saturated carbocycles. The molecule has 1 heterocycles. The molecule has 1 aliphatic rings. The lowest BCUT2D eigenvalue weighted by Crippen LogP contribution is -2.28. The minimum Gasteiger partial charge on any atom is -0.389 e. The zero-order valence-corrected chi connectivity index (χ0v) is 11.3. The lowest BCUT2D eigenvalue weighted by atomic mass is 10.1. The number of nitrogens with zero attached hydrogens (tertiary/aromatic N) is 1. The molecule has 1 saturated heterocycles. The van der Waals surface area contributed by atoms with Gasteiger partial charge in [-0.1, -0.05) is 31.5 Å². The average Bonchev–Trinajstić information content (AvgIpc) is 2.29. The molecule has 18 heavy (non-hydrogen) atoms. The van der Waals surface area contributed by atoms with Crippen molar-refractivity contribution in [3.8, 4) is 0 Å². The summed E-state index contributed by atoms with van der Waals surface area (Å²) in [5.74, 6) is -0.221. The molecule has 2 rings (SSSR count). The molecule has 1 fully saturated rings. The predicted octanol–water partition coefficient (Wildman–Crippen LogP) is 3.23. The monoisotopic (exact) mass is 266 g/mol. The van der Waals surface area contributed by atoms with Gasteiger partial charge in [0.2, 0.25) is 0 Å². The van der Waals surface area contributed by atoms with E-state index in [1.165, 1.54) is 25.3 Å². The Labute approximate surface area is 113 Å². The lowest BCUT2D eigenvalue weighted by Gasteiger charge is -2.27. The van der Waals surface area contributed by atoms with Crippen molar-refractivity contribution in [2.75, 3.05) is 18.0 Å². The molecule has 0 amide bonds. The molecule has 1 aromatic rings. The average molecular weight is 266 g/mol. The predicted molar refractivity (Wildman–Crippen MR) is 77.6 cm³/mol. The Kier molecular flexibility index (Phi) is 4.53. The van der Waals surface area contributed by atoms with E-state index < -0.39 is 0 Å². The van der Waals surface area contributed by atoms with Crippen molar-refractivity contribution in [1.82, 2.24) is 0 Å². The number of thiocarbonyl (C=S) groups is 1. The van der Waals surface area contributed by atoms with Crippen LogP contribution in [0.15, 0.2) is 18.2 Å². The van der Waals surface area contributed by atoms with E-state index in [1.807, 2.05) is 0 Å². The second-order valence-electron chi connectivity index (χ2n) is 4.79. The summed E-state index contributed by atoms with van der Waals surface area (Å²) < 4.78 is 14.1. The molecule has 2 N–H and O–H groups in total. The van der Waals surface area contributed by atoms with Crippen LogP contribution in [0.5, 0.6) is 0 Å². The lowest BCUT2D eigenvalue weighted by molar-refractivity contribution is 0.545. The molecule has 98 valence electrons. The fraction of sp³-hybridized carbons (Fsp3) is 0.500. The van der Waals surface area contributed by atoms with E-state index in [-0.39, 0.29) is 10.8 Å². The summed E-state index contributed by atoms with van der Waals surface area (Å²) in [6.45, 7) is 1.87. The van der Waals surface area contributed by atoms with Crippen LogP contribution in [-0.2, 0) is 0 Å². The summed E-state index contributed by atoms with van der Waals surface area (Å²) in [5, 5.41) is 0. The standard InChI is InChI=1S/C14H19FN2S/c15-12-10-11(14(16)18)6-7-13(12)17-8-4-2-1-3-5-9-17/h6-7,10H,1-5,8-9H2,(H2,16,18). The molecule has 0 unspecified atom stereocenters. The van der Waals surface area contributed by atoms with Crippen LogP contribution in [0.1, 0.15) is 37.7 Å². The van der Waals surface area contributed by atoms with Crippen LogP contribution >= 0.6 is 12.2 Å². The third-order valence-electron chi connectivity index (χ3n) is 3.43. The van der Waals surface area contributed by atoms with Crippen molar-refractivity contribution in [1.29, 1.82) is 0 Å². The number of hydrogen-bond acceptors (Lipinski definition) is 2. The first-order valence-corrected chi connectivity index (χ1v) is 6.93. The summed E-state index contributed by atoms with van der Waals surface area (Å²) in [6.07, 6.45) is 6.05. The number of benzene rings is 1. The van der Waals surface area contributed by atoms with Gasteiger partial charge < -0.3 is 10.6 Å². The fourth-order valence-electron chi connectivity index (χ4n) is 2.40. The normalized spacial score (nSPS) is 17.1. The van der Waals surface area contributed by atoms with E-state index in [0.717, 1.165) is 25.9 Å². The largest absolute Gasteiger partial charge is 0.389 e. The Bertz CT molecular complexity index is 426. The number of rotatable bonds is 2. The quantitative estimate of drug-likeness (QED) is 0.833. The van der Waals surface area contributed by atoms with Gasteiger partial charge in [-0.3, -0.25) is 0 Å². The SMILES string of the molecule is NC(=S)c1ccc(N2CCCCCCC2)c(F)c1. The van der Waals surface area contributed by atoms with Gasteiger partial charge in [-0.25, -0.2) is 4.39 Å². The first kappa shape index (κ1) is 13.3. The molecular formula is C14H19FN2S. The Morgan fingerprint density at radius 3 is 2.28 bits per heavy atom. The highest BCUT2D eigenvalue weighted by Crippen LogP contribution is 2.23. The van der Waals surface area contributed by atoms with Crippen LogP contribution < -0.4 is 10.6 Å². The fourth-order valence-corrected chi connectivity index (χ4v) is 2.53. The highest BCUT2D eigenvalue weighted by atomic mass is 32.1. The van der Waals surface area contributed by atoms with E-state index in [2.05, 4.69) is 4.90 Å². The maximum Gasteiger partial charge on any atom is 0.147 e. The summed E-state index contributed by atoms with van der Waals surface area (Å²) in [6, 6.07) is 5.04. The Morgan fingerprint density at radius 1 is 1.11 bits per heavy atom. The van der Waals surface area contributed by atoms with Gasteiger partial charge in [0.05, 0.1) is 5.69 Å². The Morgan fingerprint density at radius 2 is 1.72 bits per heavy atom. The Hall–Kier alpha value is -1.16. The van der Waals surface area contributed by atoms with Gasteiger partial charge in [-0.15, -0.1) is 0 Å². The summed E-state index contributed by atoms with van der Waals surface area (Å²) >= 11 is 4.86. The zero-order valence-electron chi connectivity index (χ0n) is 10.5. The second kappa shape index (κ2) is 6.14. The van der Waals surface area contributed by atoms with Gasteiger partial charge in [0.1, 0.15) is 10.8 Å². The molecule has 0 aromatic heterocycles. The molecule has 1 aliphatic heterocycles. The minimum atomic E-state index is -0.221. The summed E-state index contributed by atoms with van der Waals surface area (Å²) in [7, 11) is 0. The van der Waals surface area contributed by atoms with Crippen LogP contribution in [0.4, 0.5) is 10.1 Å². The third kappa shape index (κ3) is 3.19. The van der Waals surface area contributed by atoms with Crippen molar-refractivity contribution >= 4 is 22.9 Å². The summed E-state index contributed by atoms with van der Waals surface area (Å²) in [5.41, 5.74) is 6.78. The van der Waals surface area contributed by atoms with Gasteiger partial charge in [-0.2, -0.15) is 0 Å². The van der Waals surface area contributed by atoms with Gasteiger partial charge >= 0.3 is 0 Å². The van der Waals surface area contributed by atoms with Gasteiger partial charge in [0, 0.05) is 18.7 Å². The maximum atomic E-state index is 14.1. The van der Waals surface area contributed by atoms with Crippen LogP contribution in [0.25, 0.3) is 0 Å². The molecule has 0 aliphatic carbocycles. The number of nitrogens with two attached hydrogens (primary N) is 1. The van der Waals surface area contributed by atoms with Gasteiger partial charge in [-0.05, 0) is 31.0 Å².